The predicted octanol–water partition coefficient (Wildman–Crippen LogP) is 3.11. The van der Waals surface area contributed by atoms with Crippen molar-refractivity contribution in [3.63, 3.8) is 0 Å². The van der Waals surface area contributed by atoms with E-state index in [1.54, 1.807) is 0 Å². The molecule has 4 heteroatoms. The third-order valence-electron chi connectivity index (χ3n) is 3.60. The van der Waals surface area contributed by atoms with Crippen LogP contribution in [0.3, 0.4) is 0 Å². The molecular weight excluding hydrogens is 314 g/mol. The minimum Gasteiger partial charge on any atom is -0.319 e. The Morgan fingerprint density at radius 2 is 1.95 bits per heavy atom. The predicted molar refractivity (Wildman–Crippen MR) is 86.9 cm³/mol. The second-order valence-corrected chi connectivity index (χ2v) is 6.08. The number of hydrogen-bond acceptors (Lipinski definition) is 2. The highest BCUT2D eigenvalue weighted by Crippen LogP contribution is 2.24. The molecule has 20 heavy (non-hydrogen) atoms. The molecule has 0 amide bonds. The number of nitrogens with zero attached hydrogens (tertiary/aromatic N) is 2. The lowest BCUT2D eigenvalue weighted by Crippen LogP contribution is -2.23. The minimum atomic E-state index is 0.563. The summed E-state index contributed by atoms with van der Waals surface area (Å²) in [7, 11) is 4.04. The van der Waals surface area contributed by atoms with E-state index < -0.39 is 0 Å². The second kappa shape index (κ2) is 7.04. The van der Waals surface area contributed by atoms with E-state index in [4.69, 9.17) is 0 Å². The van der Waals surface area contributed by atoms with E-state index in [2.05, 4.69) is 56.7 Å². The van der Waals surface area contributed by atoms with Crippen LogP contribution in [-0.4, -0.2) is 23.4 Å². The summed E-state index contributed by atoms with van der Waals surface area (Å²) >= 11 is 3.66. The van der Waals surface area contributed by atoms with Crippen LogP contribution in [0.25, 0.3) is 0 Å². The molecule has 2 rings (SSSR count). The first-order valence-corrected chi connectivity index (χ1v) is 7.77. The van der Waals surface area contributed by atoms with Gasteiger partial charge in [0.25, 0.3) is 0 Å². The molecule has 3 nitrogen and oxygen atoms in total. The lowest BCUT2D eigenvalue weighted by molar-refractivity contribution is 0.476. The molecule has 0 bridgehead atoms. The van der Waals surface area contributed by atoms with Crippen LogP contribution in [0.5, 0.6) is 0 Å². The lowest BCUT2D eigenvalue weighted by Gasteiger charge is -2.17. The largest absolute Gasteiger partial charge is 0.319 e. The van der Waals surface area contributed by atoms with Crippen LogP contribution in [0.15, 0.2) is 34.8 Å². The van der Waals surface area contributed by atoms with Crippen molar-refractivity contribution in [2.75, 3.05) is 13.6 Å². The molecule has 1 aromatic carbocycles. The maximum absolute atomic E-state index is 4.48. The molecule has 0 aliphatic heterocycles. The summed E-state index contributed by atoms with van der Waals surface area (Å²) in [6.45, 7) is 3.05. The van der Waals surface area contributed by atoms with E-state index >= 15 is 0 Å². The third-order valence-corrected chi connectivity index (χ3v) is 4.64. The molecule has 0 spiro atoms. The van der Waals surface area contributed by atoms with Gasteiger partial charge in [0, 0.05) is 7.05 Å². The Labute approximate surface area is 129 Å². The number of nitrogens with one attached hydrogen (secondary N) is 1. The molecular formula is C16H22BrN3. The molecule has 0 fully saturated rings. The van der Waals surface area contributed by atoms with Crippen LogP contribution in [0.1, 0.15) is 17.0 Å². The van der Waals surface area contributed by atoms with Crippen LogP contribution in [0.4, 0.5) is 0 Å². The molecule has 108 valence electrons. The molecule has 2 aromatic rings. The highest BCUT2D eigenvalue weighted by molar-refractivity contribution is 9.10. The Balaban J connectivity index is 2.13. The zero-order chi connectivity index (χ0) is 14.5. The van der Waals surface area contributed by atoms with Crippen LogP contribution in [-0.2, 0) is 19.9 Å². The number of aryl methyl sites for hydroxylation is 2. The first-order chi connectivity index (χ1) is 9.61. The van der Waals surface area contributed by atoms with Gasteiger partial charge in [-0.1, -0.05) is 30.3 Å². The topological polar surface area (TPSA) is 29.9 Å². The fourth-order valence-electron chi connectivity index (χ4n) is 2.63. The van der Waals surface area contributed by atoms with Crippen LogP contribution in [0.2, 0.25) is 0 Å². The summed E-state index contributed by atoms with van der Waals surface area (Å²) in [5, 5.41) is 7.79. The summed E-state index contributed by atoms with van der Waals surface area (Å²) in [5.74, 6) is 0.563. The highest BCUT2D eigenvalue weighted by Gasteiger charge is 2.16. The number of rotatable bonds is 6. The average Bonchev–Trinajstić information content (AvgIpc) is 2.67. The summed E-state index contributed by atoms with van der Waals surface area (Å²) < 4.78 is 3.14. The molecule has 1 N–H and O–H groups in total. The Hall–Kier alpha value is -1.13. The first-order valence-electron chi connectivity index (χ1n) is 6.98. The van der Waals surface area contributed by atoms with Crippen LogP contribution < -0.4 is 5.32 Å². The van der Waals surface area contributed by atoms with Gasteiger partial charge in [0.2, 0.25) is 0 Å². The Morgan fingerprint density at radius 3 is 2.50 bits per heavy atom. The van der Waals surface area contributed by atoms with Crippen LogP contribution in [0, 0.1) is 12.8 Å². The monoisotopic (exact) mass is 335 g/mol. The molecule has 0 saturated carbocycles. The zero-order valence-corrected chi connectivity index (χ0v) is 13.9. The van der Waals surface area contributed by atoms with Crippen molar-refractivity contribution in [1.82, 2.24) is 15.1 Å². The summed E-state index contributed by atoms with van der Waals surface area (Å²) in [4.78, 5) is 0. The van der Waals surface area contributed by atoms with Gasteiger partial charge in [-0.25, -0.2) is 0 Å². The van der Waals surface area contributed by atoms with Crippen molar-refractivity contribution >= 4 is 15.9 Å². The molecule has 0 radical (unpaired) electrons. The maximum atomic E-state index is 4.48. The van der Waals surface area contributed by atoms with Gasteiger partial charge in [0.1, 0.15) is 0 Å². The number of hydrogen-bond donors (Lipinski definition) is 1. The zero-order valence-electron chi connectivity index (χ0n) is 12.4. The lowest BCUT2D eigenvalue weighted by atomic mass is 9.94. The first kappa shape index (κ1) is 15.3. The van der Waals surface area contributed by atoms with Gasteiger partial charge in [-0.2, -0.15) is 5.10 Å². The molecule has 0 aliphatic carbocycles. The standard InChI is InChI=1S/C16H22BrN3/c1-12-16(17)15(20(3)19-12)10-14(11-18-2)9-13-7-5-4-6-8-13/h4-8,14,18H,9-11H2,1-3H3. The second-order valence-electron chi connectivity index (χ2n) is 5.29. The van der Waals surface area contributed by atoms with Gasteiger partial charge >= 0.3 is 0 Å². The Kier molecular flexibility index (Phi) is 5.38. The smallest absolute Gasteiger partial charge is 0.0738 e. The highest BCUT2D eigenvalue weighted by atomic mass is 79.9. The fourth-order valence-corrected chi connectivity index (χ4v) is 3.13. The molecule has 0 saturated heterocycles. The van der Waals surface area contributed by atoms with E-state index in [0.29, 0.717) is 5.92 Å². The van der Waals surface area contributed by atoms with E-state index in [-0.39, 0.29) is 0 Å². The van der Waals surface area contributed by atoms with E-state index in [1.807, 2.05) is 25.7 Å². The van der Waals surface area contributed by atoms with E-state index in [0.717, 1.165) is 29.6 Å². The molecule has 1 aromatic heterocycles. The van der Waals surface area contributed by atoms with Crippen LogP contribution >= 0.6 is 15.9 Å². The van der Waals surface area contributed by atoms with Gasteiger partial charge in [-0.3, -0.25) is 4.68 Å². The summed E-state index contributed by atoms with van der Waals surface area (Å²) in [5.41, 5.74) is 3.73. The fraction of sp³-hybridized carbons (Fsp3) is 0.438. The van der Waals surface area contributed by atoms with Gasteiger partial charge in [0.05, 0.1) is 15.9 Å². The van der Waals surface area contributed by atoms with Crippen molar-refractivity contribution in [1.29, 1.82) is 0 Å². The minimum absolute atomic E-state index is 0.563. The van der Waals surface area contributed by atoms with E-state index in [9.17, 15) is 0 Å². The normalized spacial score (nSPS) is 12.6. The third kappa shape index (κ3) is 3.70. The quantitative estimate of drug-likeness (QED) is 0.878. The van der Waals surface area contributed by atoms with Gasteiger partial charge in [0.15, 0.2) is 0 Å². The molecule has 1 heterocycles. The van der Waals surface area contributed by atoms with E-state index in [1.165, 1.54) is 11.3 Å². The Bertz CT molecular complexity index is 548. The summed E-state index contributed by atoms with van der Waals surface area (Å²) in [6, 6.07) is 10.7. The SMILES string of the molecule is CNCC(Cc1ccccc1)Cc1c(Br)c(C)nn1C. The summed E-state index contributed by atoms with van der Waals surface area (Å²) in [6.07, 6.45) is 2.10. The maximum Gasteiger partial charge on any atom is 0.0738 e. The van der Waals surface area contributed by atoms with Crippen molar-refractivity contribution in [2.24, 2.45) is 13.0 Å². The van der Waals surface area contributed by atoms with Gasteiger partial charge < -0.3 is 5.32 Å². The average molecular weight is 336 g/mol. The number of benzene rings is 1. The Morgan fingerprint density at radius 1 is 1.25 bits per heavy atom. The van der Waals surface area contributed by atoms with Crippen molar-refractivity contribution in [2.45, 2.75) is 19.8 Å². The van der Waals surface area contributed by atoms with Gasteiger partial charge in [-0.05, 0) is 60.8 Å². The molecule has 1 unspecified atom stereocenters. The van der Waals surface area contributed by atoms with Crippen molar-refractivity contribution in [3.05, 3.63) is 51.8 Å². The molecule has 0 aliphatic rings. The van der Waals surface area contributed by atoms with Crippen molar-refractivity contribution < 1.29 is 0 Å². The molecule has 1 atom stereocenters. The van der Waals surface area contributed by atoms with Gasteiger partial charge in [-0.15, -0.1) is 0 Å². The number of aromatic nitrogens is 2. The van der Waals surface area contributed by atoms with Crippen molar-refractivity contribution in [3.8, 4) is 0 Å². The number of halogens is 1.